The number of hydrogen-bond acceptors (Lipinski definition) is 7. The number of hydrogen-bond donors (Lipinski definition) is 7. The SMILES string of the molecule is CCC(C)C(NC(=O)C(CCCCN)NC(=O)C(N)C(C)C)C(=O)NC(CCC(=O)O)C(=O)O. The van der Waals surface area contributed by atoms with Gasteiger partial charge in [0.05, 0.1) is 6.04 Å². The summed E-state index contributed by atoms with van der Waals surface area (Å²) in [7, 11) is 0. The van der Waals surface area contributed by atoms with E-state index in [4.69, 9.17) is 16.6 Å². The Bertz CT molecular complexity index is 701. The first-order valence-electron chi connectivity index (χ1n) is 11.7. The third kappa shape index (κ3) is 11.4. The summed E-state index contributed by atoms with van der Waals surface area (Å²) in [6.45, 7) is 7.49. The lowest BCUT2D eigenvalue weighted by Gasteiger charge is -2.28. The lowest BCUT2D eigenvalue weighted by molar-refractivity contribution is -0.143. The van der Waals surface area contributed by atoms with E-state index in [0.29, 0.717) is 25.8 Å². The lowest BCUT2D eigenvalue weighted by atomic mass is 9.96. The molecule has 0 radical (unpaired) electrons. The van der Waals surface area contributed by atoms with Gasteiger partial charge in [0.1, 0.15) is 18.1 Å². The zero-order valence-electron chi connectivity index (χ0n) is 20.5. The smallest absolute Gasteiger partial charge is 0.326 e. The molecule has 0 aliphatic rings. The Balaban J connectivity index is 5.56. The summed E-state index contributed by atoms with van der Waals surface area (Å²) in [4.78, 5) is 60.7. The highest BCUT2D eigenvalue weighted by atomic mass is 16.4. The fraction of sp³-hybridized carbons (Fsp3) is 0.773. The predicted molar refractivity (Wildman–Crippen MR) is 125 cm³/mol. The summed E-state index contributed by atoms with van der Waals surface area (Å²) in [6.07, 6.45) is 1.22. The predicted octanol–water partition coefficient (Wildman–Crippen LogP) is -0.451. The topological polar surface area (TPSA) is 214 Å². The Morgan fingerprint density at radius 2 is 1.41 bits per heavy atom. The van der Waals surface area contributed by atoms with Gasteiger partial charge in [-0.1, -0.05) is 34.1 Å². The van der Waals surface area contributed by atoms with E-state index in [-0.39, 0.29) is 24.7 Å². The van der Waals surface area contributed by atoms with E-state index in [1.165, 1.54) is 0 Å². The summed E-state index contributed by atoms with van der Waals surface area (Å²) in [5.74, 6) is -4.92. The molecule has 34 heavy (non-hydrogen) atoms. The molecule has 0 saturated heterocycles. The number of amides is 3. The van der Waals surface area contributed by atoms with E-state index in [1.807, 2.05) is 0 Å². The molecule has 0 fully saturated rings. The molecule has 0 heterocycles. The molecule has 0 aromatic rings. The zero-order valence-corrected chi connectivity index (χ0v) is 20.5. The van der Waals surface area contributed by atoms with E-state index < -0.39 is 60.2 Å². The molecular formula is C22H41N5O7. The van der Waals surface area contributed by atoms with Crippen molar-refractivity contribution in [3.8, 4) is 0 Å². The second-order valence-electron chi connectivity index (χ2n) is 8.82. The summed E-state index contributed by atoms with van der Waals surface area (Å²) in [5, 5.41) is 25.7. The van der Waals surface area contributed by atoms with E-state index in [2.05, 4.69) is 16.0 Å². The first kappa shape index (κ1) is 31.3. The van der Waals surface area contributed by atoms with Gasteiger partial charge in [0.2, 0.25) is 17.7 Å². The van der Waals surface area contributed by atoms with Gasteiger partial charge < -0.3 is 37.6 Å². The van der Waals surface area contributed by atoms with Crippen LogP contribution < -0.4 is 27.4 Å². The normalized spacial score (nSPS) is 15.5. The summed E-state index contributed by atoms with van der Waals surface area (Å²) < 4.78 is 0. The average Bonchev–Trinajstić information content (AvgIpc) is 2.77. The molecule has 0 saturated carbocycles. The van der Waals surface area contributed by atoms with Crippen LogP contribution in [0, 0.1) is 11.8 Å². The van der Waals surface area contributed by atoms with Crippen LogP contribution in [-0.4, -0.2) is 70.6 Å². The van der Waals surface area contributed by atoms with E-state index in [1.54, 1.807) is 27.7 Å². The first-order chi connectivity index (χ1) is 15.8. The first-order valence-corrected chi connectivity index (χ1v) is 11.7. The molecule has 9 N–H and O–H groups in total. The van der Waals surface area contributed by atoms with Gasteiger partial charge in [0.15, 0.2) is 0 Å². The van der Waals surface area contributed by atoms with Crippen molar-refractivity contribution < 1.29 is 34.2 Å². The molecule has 12 heteroatoms. The Kier molecular flexibility index (Phi) is 14.7. The number of aliphatic carboxylic acids is 2. The van der Waals surface area contributed by atoms with Gasteiger partial charge in [-0.25, -0.2) is 4.79 Å². The highest BCUT2D eigenvalue weighted by Crippen LogP contribution is 2.11. The van der Waals surface area contributed by atoms with Crippen LogP contribution >= 0.6 is 0 Å². The molecule has 0 aromatic heterocycles. The number of carbonyl (C=O) groups excluding carboxylic acids is 3. The molecular weight excluding hydrogens is 446 g/mol. The summed E-state index contributed by atoms with van der Waals surface area (Å²) >= 11 is 0. The third-order valence-electron chi connectivity index (χ3n) is 5.66. The second-order valence-corrected chi connectivity index (χ2v) is 8.82. The maximum Gasteiger partial charge on any atom is 0.326 e. The number of carboxylic acid groups (broad SMARTS) is 2. The van der Waals surface area contributed by atoms with Gasteiger partial charge in [-0.15, -0.1) is 0 Å². The van der Waals surface area contributed by atoms with Crippen LogP contribution in [0.5, 0.6) is 0 Å². The largest absolute Gasteiger partial charge is 0.481 e. The Morgan fingerprint density at radius 1 is 0.824 bits per heavy atom. The van der Waals surface area contributed by atoms with Crippen molar-refractivity contribution in [3.63, 3.8) is 0 Å². The molecule has 196 valence electrons. The fourth-order valence-corrected chi connectivity index (χ4v) is 3.07. The molecule has 5 atom stereocenters. The number of nitrogens with one attached hydrogen (secondary N) is 3. The van der Waals surface area contributed by atoms with Crippen molar-refractivity contribution in [1.29, 1.82) is 0 Å². The number of carbonyl (C=O) groups is 5. The average molecular weight is 488 g/mol. The molecule has 0 spiro atoms. The van der Waals surface area contributed by atoms with Crippen molar-refractivity contribution in [3.05, 3.63) is 0 Å². The molecule has 3 amide bonds. The van der Waals surface area contributed by atoms with Gasteiger partial charge in [-0.2, -0.15) is 0 Å². The number of nitrogens with two attached hydrogens (primary N) is 2. The van der Waals surface area contributed by atoms with Crippen molar-refractivity contribution in [2.45, 2.75) is 90.4 Å². The molecule has 0 aromatic carbocycles. The van der Waals surface area contributed by atoms with Crippen LogP contribution in [0.2, 0.25) is 0 Å². The summed E-state index contributed by atoms with van der Waals surface area (Å²) in [5.41, 5.74) is 11.4. The quantitative estimate of drug-likeness (QED) is 0.132. The van der Waals surface area contributed by atoms with E-state index in [9.17, 15) is 29.1 Å². The highest BCUT2D eigenvalue weighted by molar-refractivity contribution is 5.94. The maximum atomic E-state index is 13.1. The Morgan fingerprint density at radius 3 is 1.88 bits per heavy atom. The number of unbranched alkanes of at least 4 members (excludes halogenated alkanes) is 1. The number of rotatable bonds is 17. The van der Waals surface area contributed by atoms with Crippen LogP contribution in [0.15, 0.2) is 0 Å². The van der Waals surface area contributed by atoms with Crippen molar-refractivity contribution in [2.24, 2.45) is 23.3 Å². The molecule has 0 bridgehead atoms. The van der Waals surface area contributed by atoms with Crippen molar-refractivity contribution in [1.82, 2.24) is 16.0 Å². The van der Waals surface area contributed by atoms with E-state index in [0.717, 1.165) is 0 Å². The van der Waals surface area contributed by atoms with Gasteiger partial charge in [-0.05, 0) is 44.1 Å². The van der Waals surface area contributed by atoms with Gasteiger partial charge in [0.25, 0.3) is 0 Å². The molecule has 0 aliphatic heterocycles. The zero-order chi connectivity index (χ0) is 26.4. The van der Waals surface area contributed by atoms with Crippen LogP contribution in [0.25, 0.3) is 0 Å². The van der Waals surface area contributed by atoms with Crippen LogP contribution in [0.4, 0.5) is 0 Å². The number of carboxylic acids is 2. The minimum atomic E-state index is -1.42. The monoisotopic (exact) mass is 487 g/mol. The van der Waals surface area contributed by atoms with Crippen molar-refractivity contribution >= 4 is 29.7 Å². The van der Waals surface area contributed by atoms with Gasteiger partial charge in [-0.3, -0.25) is 19.2 Å². The highest BCUT2D eigenvalue weighted by Gasteiger charge is 2.33. The van der Waals surface area contributed by atoms with Crippen LogP contribution in [-0.2, 0) is 24.0 Å². The minimum absolute atomic E-state index is 0.148. The molecule has 0 aliphatic carbocycles. The van der Waals surface area contributed by atoms with Gasteiger partial charge >= 0.3 is 11.9 Å². The Hall–Kier alpha value is -2.73. The standard InChI is InChI=1S/C22H41N5O7/c1-5-13(4)18(21(32)26-15(22(33)34)9-10-16(28)29)27-19(30)14(8-6-7-11-23)25-20(31)17(24)12(2)3/h12-15,17-18H,5-11,23-24H2,1-4H3,(H,25,31)(H,26,32)(H,27,30)(H,28,29)(H,33,34). The Labute approximate surface area is 200 Å². The second kappa shape index (κ2) is 16.0. The van der Waals surface area contributed by atoms with Crippen LogP contribution in [0.1, 0.15) is 66.2 Å². The fourth-order valence-electron chi connectivity index (χ4n) is 3.07. The maximum absolute atomic E-state index is 13.1. The molecule has 5 unspecified atom stereocenters. The third-order valence-corrected chi connectivity index (χ3v) is 5.66. The van der Waals surface area contributed by atoms with Crippen molar-refractivity contribution in [2.75, 3.05) is 6.54 Å². The molecule has 0 rings (SSSR count). The minimum Gasteiger partial charge on any atom is -0.481 e. The lowest BCUT2D eigenvalue weighted by Crippen LogP contribution is -2.59. The van der Waals surface area contributed by atoms with E-state index >= 15 is 0 Å². The van der Waals surface area contributed by atoms with Gasteiger partial charge in [0, 0.05) is 6.42 Å². The van der Waals surface area contributed by atoms with Crippen LogP contribution in [0.3, 0.4) is 0 Å². The summed E-state index contributed by atoms with van der Waals surface area (Å²) in [6, 6.07) is -4.28. The molecule has 12 nitrogen and oxygen atoms in total.